The van der Waals surface area contributed by atoms with Gasteiger partial charge in [-0.15, -0.1) is 0 Å². The standard InChI is InChI=1S/C17H21FN2O/c1-11(2)20-10-14-7-8-19-17(16(14)18)21-15-9-12(3)5-6-13(15)4/h5-9,11,20H,10H2,1-4H3. The molecule has 1 N–H and O–H groups in total. The molecular weight excluding hydrogens is 267 g/mol. The Morgan fingerprint density at radius 1 is 1.24 bits per heavy atom. The number of rotatable bonds is 5. The van der Waals surface area contributed by atoms with E-state index in [4.69, 9.17) is 4.74 Å². The lowest BCUT2D eigenvalue weighted by molar-refractivity contribution is 0.413. The zero-order chi connectivity index (χ0) is 15.4. The lowest BCUT2D eigenvalue weighted by Crippen LogP contribution is -2.22. The number of aromatic nitrogens is 1. The van der Waals surface area contributed by atoms with Gasteiger partial charge in [-0.1, -0.05) is 26.0 Å². The van der Waals surface area contributed by atoms with Crippen molar-refractivity contribution in [3.05, 3.63) is 53.0 Å². The Hall–Kier alpha value is -1.94. The summed E-state index contributed by atoms with van der Waals surface area (Å²) in [6.45, 7) is 8.39. The van der Waals surface area contributed by atoms with Gasteiger partial charge in [0, 0.05) is 24.3 Å². The molecule has 21 heavy (non-hydrogen) atoms. The van der Waals surface area contributed by atoms with Crippen molar-refractivity contribution in [1.29, 1.82) is 0 Å². The smallest absolute Gasteiger partial charge is 0.256 e. The Kier molecular flexibility index (Phi) is 4.91. The number of ether oxygens (including phenoxy) is 1. The Morgan fingerprint density at radius 3 is 2.71 bits per heavy atom. The fraction of sp³-hybridized carbons (Fsp3) is 0.353. The van der Waals surface area contributed by atoms with E-state index in [0.717, 1.165) is 11.1 Å². The minimum absolute atomic E-state index is 0.0201. The van der Waals surface area contributed by atoms with E-state index in [1.807, 2.05) is 45.9 Å². The van der Waals surface area contributed by atoms with E-state index >= 15 is 0 Å². The molecule has 3 nitrogen and oxygen atoms in total. The first-order valence-corrected chi connectivity index (χ1v) is 7.09. The SMILES string of the molecule is Cc1ccc(C)c(Oc2nccc(CNC(C)C)c2F)c1. The third-order valence-electron chi connectivity index (χ3n) is 3.19. The van der Waals surface area contributed by atoms with Gasteiger partial charge in [-0.25, -0.2) is 9.37 Å². The van der Waals surface area contributed by atoms with Crippen LogP contribution in [0.25, 0.3) is 0 Å². The topological polar surface area (TPSA) is 34.1 Å². The van der Waals surface area contributed by atoms with Crippen molar-refractivity contribution >= 4 is 0 Å². The molecule has 112 valence electrons. The first kappa shape index (κ1) is 15.4. The Morgan fingerprint density at radius 2 is 2.00 bits per heavy atom. The molecule has 1 heterocycles. The van der Waals surface area contributed by atoms with Crippen LogP contribution in [0.15, 0.2) is 30.5 Å². The Balaban J connectivity index is 2.24. The number of halogens is 1. The summed E-state index contributed by atoms with van der Waals surface area (Å²) in [6, 6.07) is 7.79. The number of nitrogens with one attached hydrogen (secondary N) is 1. The van der Waals surface area contributed by atoms with Crippen LogP contribution in [0, 0.1) is 19.7 Å². The lowest BCUT2D eigenvalue weighted by atomic mass is 10.1. The summed E-state index contributed by atoms with van der Waals surface area (Å²) in [6.07, 6.45) is 1.57. The van der Waals surface area contributed by atoms with Crippen LogP contribution in [0.5, 0.6) is 11.6 Å². The summed E-state index contributed by atoms with van der Waals surface area (Å²) in [7, 11) is 0. The Bertz CT molecular complexity index is 626. The molecule has 0 fully saturated rings. The van der Waals surface area contributed by atoms with E-state index in [-0.39, 0.29) is 5.88 Å². The van der Waals surface area contributed by atoms with Crippen LogP contribution in [0.4, 0.5) is 4.39 Å². The van der Waals surface area contributed by atoms with E-state index in [9.17, 15) is 4.39 Å². The van der Waals surface area contributed by atoms with Crippen molar-refractivity contribution in [3.8, 4) is 11.6 Å². The molecule has 0 atom stereocenters. The normalized spacial score (nSPS) is 11.0. The molecule has 0 radical (unpaired) electrons. The van der Waals surface area contributed by atoms with Gasteiger partial charge in [0.1, 0.15) is 5.75 Å². The van der Waals surface area contributed by atoms with Crippen LogP contribution >= 0.6 is 0 Å². The zero-order valence-corrected chi connectivity index (χ0v) is 12.9. The molecule has 0 bridgehead atoms. The van der Waals surface area contributed by atoms with Crippen LogP contribution in [-0.4, -0.2) is 11.0 Å². The minimum Gasteiger partial charge on any atom is -0.436 e. The molecule has 0 saturated heterocycles. The maximum atomic E-state index is 14.4. The van der Waals surface area contributed by atoms with Gasteiger partial charge in [0.25, 0.3) is 5.88 Å². The zero-order valence-electron chi connectivity index (χ0n) is 12.9. The van der Waals surface area contributed by atoms with Gasteiger partial charge < -0.3 is 10.1 Å². The van der Waals surface area contributed by atoms with E-state index in [0.29, 0.717) is 23.9 Å². The summed E-state index contributed by atoms with van der Waals surface area (Å²) in [4.78, 5) is 4.01. The molecule has 1 aromatic heterocycles. The third-order valence-corrected chi connectivity index (χ3v) is 3.19. The highest BCUT2D eigenvalue weighted by molar-refractivity contribution is 5.39. The van der Waals surface area contributed by atoms with E-state index in [1.165, 1.54) is 0 Å². The maximum Gasteiger partial charge on any atom is 0.256 e. The van der Waals surface area contributed by atoms with Crippen molar-refractivity contribution in [3.63, 3.8) is 0 Å². The van der Waals surface area contributed by atoms with Crippen molar-refractivity contribution in [2.75, 3.05) is 0 Å². The maximum absolute atomic E-state index is 14.4. The largest absolute Gasteiger partial charge is 0.436 e. The van der Waals surface area contributed by atoms with E-state index in [1.54, 1.807) is 12.3 Å². The van der Waals surface area contributed by atoms with Gasteiger partial charge in [-0.3, -0.25) is 0 Å². The summed E-state index contributed by atoms with van der Waals surface area (Å²) >= 11 is 0. The third kappa shape index (κ3) is 4.02. The van der Waals surface area contributed by atoms with Crippen LogP contribution in [-0.2, 0) is 6.54 Å². The molecule has 0 unspecified atom stereocenters. The monoisotopic (exact) mass is 288 g/mol. The van der Waals surface area contributed by atoms with E-state index < -0.39 is 5.82 Å². The second-order valence-corrected chi connectivity index (χ2v) is 5.50. The molecule has 0 aliphatic heterocycles. The molecule has 1 aromatic carbocycles. The van der Waals surface area contributed by atoms with Gasteiger partial charge in [-0.05, 0) is 37.1 Å². The van der Waals surface area contributed by atoms with Gasteiger partial charge in [0.05, 0.1) is 0 Å². The van der Waals surface area contributed by atoms with Crippen molar-refractivity contribution in [2.24, 2.45) is 0 Å². The number of aryl methyl sites for hydroxylation is 2. The van der Waals surface area contributed by atoms with Crippen LogP contribution in [0.3, 0.4) is 0 Å². The number of benzene rings is 1. The molecule has 0 spiro atoms. The predicted molar refractivity (Wildman–Crippen MR) is 82.2 cm³/mol. The predicted octanol–water partition coefficient (Wildman–Crippen LogP) is 4.13. The van der Waals surface area contributed by atoms with Gasteiger partial charge in [-0.2, -0.15) is 0 Å². The average Bonchev–Trinajstić information content (AvgIpc) is 2.43. The molecule has 0 saturated carbocycles. The summed E-state index contributed by atoms with van der Waals surface area (Å²) in [5.74, 6) is 0.244. The Labute approximate surface area is 125 Å². The molecule has 0 amide bonds. The number of pyridine rings is 1. The fourth-order valence-corrected chi connectivity index (χ4v) is 1.91. The van der Waals surface area contributed by atoms with Gasteiger partial charge in [0.15, 0.2) is 5.82 Å². The molecule has 0 aliphatic carbocycles. The summed E-state index contributed by atoms with van der Waals surface area (Å²) in [5, 5.41) is 3.19. The van der Waals surface area contributed by atoms with Gasteiger partial charge in [0.2, 0.25) is 0 Å². The van der Waals surface area contributed by atoms with Crippen molar-refractivity contribution in [1.82, 2.24) is 10.3 Å². The molecule has 0 aliphatic rings. The summed E-state index contributed by atoms with van der Waals surface area (Å²) in [5.41, 5.74) is 2.57. The molecule has 4 heteroatoms. The van der Waals surface area contributed by atoms with Crippen LogP contribution in [0.2, 0.25) is 0 Å². The minimum atomic E-state index is -0.411. The highest BCUT2D eigenvalue weighted by Gasteiger charge is 2.13. The van der Waals surface area contributed by atoms with Crippen LogP contribution < -0.4 is 10.1 Å². The number of hydrogen-bond acceptors (Lipinski definition) is 3. The lowest BCUT2D eigenvalue weighted by Gasteiger charge is -2.12. The second-order valence-electron chi connectivity index (χ2n) is 5.50. The molecule has 2 aromatic rings. The molecular formula is C17H21FN2O. The van der Waals surface area contributed by atoms with Crippen molar-refractivity contribution < 1.29 is 9.13 Å². The number of hydrogen-bond donors (Lipinski definition) is 1. The van der Waals surface area contributed by atoms with Gasteiger partial charge >= 0.3 is 0 Å². The first-order valence-electron chi connectivity index (χ1n) is 7.09. The number of nitrogens with zero attached hydrogens (tertiary/aromatic N) is 1. The highest BCUT2D eigenvalue weighted by Crippen LogP contribution is 2.27. The summed E-state index contributed by atoms with van der Waals surface area (Å²) < 4.78 is 20.1. The quantitative estimate of drug-likeness (QED) is 0.898. The van der Waals surface area contributed by atoms with Crippen LogP contribution in [0.1, 0.15) is 30.5 Å². The first-order chi connectivity index (χ1) is 9.97. The average molecular weight is 288 g/mol. The van der Waals surface area contributed by atoms with E-state index in [2.05, 4.69) is 10.3 Å². The second kappa shape index (κ2) is 6.68. The van der Waals surface area contributed by atoms with Crippen molar-refractivity contribution in [2.45, 2.75) is 40.3 Å². The highest BCUT2D eigenvalue weighted by atomic mass is 19.1. The molecule has 2 rings (SSSR count). The fourth-order valence-electron chi connectivity index (χ4n) is 1.91.